The zero-order chi connectivity index (χ0) is 9.40. The number of hydrogen-bond acceptors (Lipinski definition) is 1. The van der Waals surface area contributed by atoms with Gasteiger partial charge in [0, 0.05) is 5.56 Å². The first-order chi connectivity index (χ1) is 5.72. The van der Waals surface area contributed by atoms with Crippen LogP contribution in [0.5, 0.6) is 0 Å². The van der Waals surface area contributed by atoms with Crippen LogP contribution >= 0.6 is 26.1 Å². The van der Waals surface area contributed by atoms with Crippen LogP contribution in [0.3, 0.4) is 0 Å². The molecule has 0 saturated heterocycles. The zero-order valence-electron chi connectivity index (χ0n) is 7.53. The van der Waals surface area contributed by atoms with Crippen LogP contribution in [0.2, 0.25) is 0 Å². The summed E-state index contributed by atoms with van der Waals surface area (Å²) in [5.41, 5.74) is 0.640. The van der Waals surface area contributed by atoms with Gasteiger partial charge in [-0.1, -0.05) is 36.4 Å². The van der Waals surface area contributed by atoms with Gasteiger partial charge in [0.05, 0.1) is 0 Å². The Hall–Kier alpha value is -0.670. The molecule has 0 atom stereocenters. The van der Waals surface area contributed by atoms with E-state index in [0.29, 0.717) is 5.56 Å². The van der Waals surface area contributed by atoms with E-state index in [2.05, 4.69) is 19.2 Å². The van der Waals surface area contributed by atoms with Crippen molar-refractivity contribution >= 4 is 31.2 Å². The summed E-state index contributed by atoms with van der Waals surface area (Å²) in [6, 6.07) is 8.94. The number of rotatable bonds is 1. The highest BCUT2D eigenvalue weighted by Crippen LogP contribution is 2.00. The normalized spacial score (nSPS) is 7.23. The minimum Gasteiger partial charge on any atom is -0.282 e. The van der Waals surface area contributed by atoms with Crippen molar-refractivity contribution < 1.29 is 4.79 Å². The van der Waals surface area contributed by atoms with E-state index in [4.69, 9.17) is 0 Å². The van der Waals surface area contributed by atoms with Crippen molar-refractivity contribution in [2.75, 3.05) is 0 Å². The molecule has 3 heteroatoms. The molecular weight excluding hydrogens is 200 g/mol. The molecule has 0 radical (unpaired) electrons. The quantitative estimate of drug-likeness (QED) is 0.561. The maximum absolute atomic E-state index is 10.5. The molecule has 0 heterocycles. The molecule has 0 unspecified atom stereocenters. The Labute approximate surface area is 91.7 Å². The minimum absolute atomic E-state index is 0. The van der Waals surface area contributed by atoms with Crippen molar-refractivity contribution in [1.82, 2.24) is 0 Å². The van der Waals surface area contributed by atoms with Crippen LogP contribution < -0.4 is 0 Å². The van der Waals surface area contributed by atoms with Crippen molar-refractivity contribution in [1.29, 1.82) is 0 Å². The first-order valence-electron chi connectivity index (χ1n) is 3.57. The molecule has 0 spiro atoms. The molecule has 0 aromatic heterocycles. The summed E-state index contributed by atoms with van der Waals surface area (Å²) in [5, 5.41) is -0.185. The van der Waals surface area contributed by atoms with Gasteiger partial charge in [0.1, 0.15) is 0 Å². The van der Waals surface area contributed by atoms with Crippen LogP contribution in [-0.4, -0.2) is 5.12 Å². The highest BCUT2D eigenvalue weighted by Gasteiger charge is 1.94. The van der Waals surface area contributed by atoms with Gasteiger partial charge in [-0.15, -0.1) is 19.2 Å². The van der Waals surface area contributed by atoms with Gasteiger partial charge in [0.15, 0.2) is 0 Å². The maximum Gasteiger partial charge on any atom is 0.216 e. The van der Waals surface area contributed by atoms with Crippen molar-refractivity contribution in [3.63, 3.8) is 0 Å². The molecule has 0 fully saturated rings. The maximum atomic E-state index is 10.5. The molecule has 0 aliphatic heterocycles. The predicted molar refractivity (Wildman–Crippen MR) is 66.0 cm³/mol. The van der Waals surface area contributed by atoms with E-state index < -0.39 is 0 Å². The molecule has 0 bridgehead atoms. The molecule has 0 amide bonds. The standard InChI is InChI=1S/C7H6OS.C3H6.H2S/c8-7(9)6-4-2-1-3-5-6;1-3-2;/h1-5H,(H,8,9);3H,1H2,2H3;1H2. The van der Waals surface area contributed by atoms with Crippen LogP contribution in [-0.2, 0) is 0 Å². The van der Waals surface area contributed by atoms with E-state index >= 15 is 0 Å². The summed E-state index contributed by atoms with van der Waals surface area (Å²) in [5.74, 6) is 0. The average Bonchev–Trinajstić information content (AvgIpc) is 2.07. The van der Waals surface area contributed by atoms with Gasteiger partial charge in [0.25, 0.3) is 0 Å². The van der Waals surface area contributed by atoms with Crippen LogP contribution in [0.4, 0.5) is 0 Å². The SMILES string of the molecule is C=CC.O=C(S)c1ccccc1.S. The van der Waals surface area contributed by atoms with E-state index in [1.54, 1.807) is 18.2 Å². The fraction of sp³-hybridized carbons (Fsp3) is 0.100. The molecule has 0 aliphatic carbocycles. The lowest BCUT2D eigenvalue weighted by molar-refractivity contribution is 0.109. The van der Waals surface area contributed by atoms with Crippen LogP contribution in [0.25, 0.3) is 0 Å². The van der Waals surface area contributed by atoms with Gasteiger partial charge in [0.2, 0.25) is 5.12 Å². The zero-order valence-corrected chi connectivity index (χ0v) is 9.42. The molecule has 0 N–H and O–H groups in total. The number of benzene rings is 1. The second-order valence-electron chi connectivity index (χ2n) is 2.08. The molecule has 72 valence electrons. The average molecular weight is 214 g/mol. The monoisotopic (exact) mass is 214 g/mol. The lowest BCUT2D eigenvalue weighted by Crippen LogP contribution is -1.84. The van der Waals surface area contributed by atoms with Gasteiger partial charge in [-0.25, -0.2) is 0 Å². The van der Waals surface area contributed by atoms with E-state index in [9.17, 15) is 4.79 Å². The number of allylic oxidation sites excluding steroid dienone is 1. The van der Waals surface area contributed by atoms with Gasteiger partial charge < -0.3 is 0 Å². The topological polar surface area (TPSA) is 17.1 Å². The highest BCUT2D eigenvalue weighted by molar-refractivity contribution is 7.97. The summed E-state index contributed by atoms with van der Waals surface area (Å²) in [6.45, 7) is 5.25. The molecule has 1 aromatic rings. The Morgan fingerprint density at radius 2 is 1.77 bits per heavy atom. The molecular formula is C10H14OS2. The number of carbonyl (C=O) groups is 1. The molecule has 1 nitrogen and oxygen atoms in total. The Bertz CT molecular complexity index is 244. The summed E-state index contributed by atoms with van der Waals surface area (Å²) in [6.07, 6.45) is 1.75. The van der Waals surface area contributed by atoms with Gasteiger partial charge in [-0.3, -0.25) is 4.79 Å². The third-order valence-corrected chi connectivity index (χ3v) is 1.28. The molecule has 0 aliphatic rings. The van der Waals surface area contributed by atoms with Crippen molar-refractivity contribution in [3.05, 3.63) is 48.6 Å². The molecule has 13 heavy (non-hydrogen) atoms. The summed E-state index contributed by atoms with van der Waals surface area (Å²) in [4.78, 5) is 10.5. The Kier molecular flexibility index (Phi) is 10.7. The Balaban J connectivity index is 0. The summed E-state index contributed by atoms with van der Waals surface area (Å²) < 4.78 is 0. The molecule has 0 saturated carbocycles. The minimum atomic E-state index is -0.185. The fourth-order valence-electron chi connectivity index (χ4n) is 0.581. The van der Waals surface area contributed by atoms with Crippen LogP contribution in [0, 0.1) is 0 Å². The fourth-order valence-corrected chi connectivity index (χ4v) is 0.730. The third kappa shape index (κ3) is 7.68. The lowest BCUT2D eigenvalue weighted by Gasteiger charge is -1.88. The van der Waals surface area contributed by atoms with Gasteiger partial charge in [-0.2, -0.15) is 13.5 Å². The van der Waals surface area contributed by atoms with Crippen LogP contribution in [0.15, 0.2) is 43.0 Å². The van der Waals surface area contributed by atoms with E-state index in [0.717, 1.165) is 0 Å². The van der Waals surface area contributed by atoms with Gasteiger partial charge in [-0.05, 0) is 6.92 Å². The molecule has 1 aromatic carbocycles. The van der Waals surface area contributed by atoms with E-state index in [1.807, 2.05) is 25.1 Å². The third-order valence-electron chi connectivity index (χ3n) is 1.02. The van der Waals surface area contributed by atoms with Crippen molar-refractivity contribution in [2.24, 2.45) is 0 Å². The smallest absolute Gasteiger partial charge is 0.216 e. The Morgan fingerprint density at radius 1 is 1.38 bits per heavy atom. The highest BCUT2D eigenvalue weighted by atomic mass is 32.1. The lowest BCUT2D eigenvalue weighted by atomic mass is 10.2. The second-order valence-corrected chi connectivity index (χ2v) is 2.49. The largest absolute Gasteiger partial charge is 0.282 e. The second kappa shape index (κ2) is 9.42. The van der Waals surface area contributed by atoms with Crippen molar-refractivity contribution in [3.8, 4) is 0 Å². The molecule has 1 rings (SSSR count). The summed E-state index contributed by atoms with van der Waals surface area (Å²) in [7, 11) is 0. The Morgan fingerprint density at radius 3 is 2.00 bits per heavy atom. The first-order valence-corrected chi connectivity index (χ1v) is 4.02. The number of hydrogen-bond donors (Lipinski definition) is 1. The summed E-state index contributed by atoms with van der Waals surface area (Å²) >= 11 is 3.65. The van der Waals surface area contributed by atoms with Gasteiger partial charge >= 0.3 is 0 Å². The van der Waals surface area contributed by atoms with Crippen molar-refractivity contribution in [2.45, 2.75) is 6.92 Å². The predicted octanol–water partition coefficient (Wildman–Crippen LogP) is 3.06. The number of thiol groups is 1. The first kappa shape index (κ1) is 14.8. The van der Waals surface area contributed by atoms with E-state index in [1.165, 1.54) is 0 Å². The van der Waals surface area contributed by atoms with E-state index in [-0.39, 0.29) is 18.6 Å². The van der Waals surface area contributed by atoms with Crippen LogP contribution in [0.1, 0.15) is 17.3 Å². The number of carbonyl (C=O) groups excluding carboxylic acids is 1.